The Morgan fingerprint density at radius 1 is 1.31 bits per heavy atom. The average molecular weight is 221 g/mol. The van der Waals surface area contributed by atoms with Crippen LogP contribution >= 0.6 is 0 Å². The summed E-state index contributed by atoms with van der Waals surface area (Å²) in [4.78, 5) is 0. The zero-order chi connectivity index (χ0) is 10.9. The maximum absolute atomic E-state index is 11.7. The van der Waals surface area contributed by atoms with E-state index in [1.807, 2.05) is 0 Å². The molecule has 2 N–H and O–H groups in total. The van der Waals surface area contributed by atoms with Crippen molar-refractivity contribution in [3.8, 4) is 0 Å². The Labute approximate surface area is 73.8 Å². The van der Waals surface area contributed by atoms with Crippen LogP contribution in [-0.2, 0) is 10.0 Å². The molecule has 0 spiro atoms. The maximum atomic E-state index is 11.7. The van der Waals surface area contributed by atoms with Gasteiger partial charge in [0.05, 0.1) is 5.60 Å². The number of hydrogen-bond acceptors (Lipinski definition) is 3. The van der Waals surface area contributed by atoms with E-state index in [2.05, 4.69) is 0 Å². The Balaban J connectivity index is 4.40. The van der Waals surface area contributed by atoms with E-state index >= 15 is 0 Å². The molecule has 80 valence electrons. The lowest BCUT2D eigenvalue weighted by atomic mass is 10.1. The Morgan fingerprint density at radius 2 is 1.69 bits per heavy atom. The van der Waals surface area contributed by atoms with Gasteiger partial charge in [0.15, 0.2) is 0 Å². The van der Waals surface area contributed by atoms with Crippen molar-refractivity contribution in [3.05, 3.63) is 0 Å². The van der Waals surface area contributed by atoms with E-state index in [4.69, 9.17) is 5.11 Å². The van der Waals surface area contributed by atoms with Gasteiger partial charge in [0.2, 0.25) is 0 Å². The van der Waals surface area contributed by atoms with Crippen molar-refractivity contribution in [1.82, 2.24) is 4.72 Å². The molecule has 13 heavy (non-hydrogen) atoms. The smallest absolute Gasteiger partial charge is 0.389 e. The van der Waals surface area contributed by atoms with Crippen molar-refractivity contribution < 1.29 is 26.7 Å². The first-order valence-corrected chi connectivity index (χ1v) is 4.72. The van der Waals surface area contributed by atoms with Gasteiger partial charge >= 0.3 is 15.5 Å². The molecule has 0 unspecified atom stereocenters. The van der Waals surface area contributed by atoms with Crippen LogP contribution in [0.3, 0.4) is 0 Å². The molecule has 0 heterocycles. The first-order chi connectivity index (χ1) is 5.46. The number of aliphatic hydroxyl groups is 1. The van der Waals surface area contributed by atoms with Gasteiger partial charge in [-0.15, -0.1) is 0 Å². The Bertz CT molecular complexity index is 264. The highest BCUT2D eigenvalue weighted by Gasteiger charge is 2.46. The van der Waals surface area contributed by atoms with Crippen molar-refractivity contribution >= 4 is 10.0 Å². The topological polar surface area (TPSA) is 66.4 Å². The molecule has 0 aliphatic heterocycles. The lowest BCUT2D eigenvalue weighted by Crippen LogP contribution is -2.43. The first-order valence-electron chi connectivity index (χ1n) is 3.24. The van der Waals surface area contributed by atoms with Gasteiger partial charge in [0, 0.05) is 6.54 Å². The SMILES string of the molecule is CC(C)(O)CNS(=O)(=O)C(F)(F)F. The first kappa shape index (κ1) is 12.7. The summed E-state index contributed by atoms with van der Waals surface area (Å²) in [6.07, 6.45) is 0. The highest BCUT2D eigenvalue weighted by Crippen LogP contribution is 2.21. The van der Waals surface area contributed by atoms with Crippen LogP contribution in [0.25, 0.3) is 0 Å². The molecular weight excluding hydrogens is 211 g/mol. The van der Waals surface area contributed by atoms with E-state index in [1.165, 1.54) is 18.6 Å². The Morgan fingerprint density at radius 3 is 1.92 bits per heavy atom. The summed E-state index contributed by atoms with van der Waals surface area (Å²) in [5.41, 5.74) is -6.85. The van der Waals surface area contributed by atoms with Crippen LogP contribution in [0.1, 0.15) is 13.8 Å². The minimum Gasteiger partial charge on any atom is -0.389 e. The average Bonchev–Trinajstić information content (AvgIpc) is 1.79. The summed E-state index contributed by atoms with van der Waals surface area (Å²) < 4.78 is 57.0. The summed E-state index contributed by atoms with van der Waals surface area (Å²) in [5, 5.41) is 8.95. The maximum Gasteiger partial charge on any atom is 0.511 e. The molecule has 0 saturated heterocycles. The fourth-order valence-corrected chi connectivity index (χ4v) is 1.06. The van der Waals surface area contributed by atoms with Crippen molar-refractivity contribution in [2.24, 2.45) is 0 Å². The third-order valence-electron chi connectivity index (χ3n) is 1.000. The van der Waals surface area contributed by atoms with E-state index in [-0.39, 0.29) is 0 Å². The van der Waals surface area contributed by atoms with E-state index in [9.17, 15) is 21.6 Å². The van der Waals surface area contributed by atoms with Crippen molar-refractivity contribution in [3.63, 3.8) is 0 Å². The normalized spacial score (nSPS) is 14.6. The molecule has 0 amide bonds. The number of alkyl halides is 3. The highest BCUT2D eigenvalue weighted by atomic mass is 32.2. The fourth-order valence-electron chi connectivity index (χ4n) is 0.353. The summed E-state index contributed by atoms with van der Waals surface area (Å²) >= 11 is 0. The molecule has 0 aromatic carbocycles. The summed E-state index contributed by atoms with van der Waals surface area (Å²) in [7, 11) is -5.34. The van der Waals surface area contributed by atoms with Gasteiger partial charge in [-0.3, -0.25) is 0 Å². The number of nitrogens with one attached hydrogen (secondary N) is 1. The minimum atomic E-state index is -5.34. The monoisotopic (exact) mass is 221 g/mol. The van der Waals surface area contributed by atoms with Gasteiger partial charge in [-0.25, -0.2) is 13.1 Å². The van der Waals surface area contributed by atoms with Crippen LogP contribution in [0.2, 0.25) is 0 Å². The molecule has 0 fully saturated rings. The molecule has 0 aromatic heterocycles. The van der Waals surface area contributed by atoms with Crippen LogP contribution < -0.4 is 4.72 Å². The zero-order valence-corrected chi connectivity index (χ0v) is 7.83. The number of rotatable bonds is 3. The lowest BCUT2D eigenvalue weighted by molar-refractivity contribution is -0.0453. The molecule has 0 saturated carbocycles. The third kappa shape index (κ3) is 4.44. The number of halogens is 3. The predicted octanol–water partition coefficient (Wildman–Crippen LogP) is 0.197. The van der Waals surface area contributed by atoms with E-state index < -0.39 is 27.7 Å². The third-order valence-corrected chi connectivity index (χ3v) is 2.13. The van der Waals surface area contributed by atoms with Crippen LogP contribution in [0.4, 0.5) is 13.2 Å². The number of sulfonamides is 1. The zero-order valence-electron chi connectivity index (χ0n) is 7.01. The van der Waals surface area contributed by atoms with E-state index in [1.54, 1.807) is 0 Å². The summed E-state index contributed by atoms with van der Waals surface area (Å²) in [5.74, 6) is 0. The quantitative estimate of drug-likeness (QED) is 0.715. The van der Waals surface area contributed by atoms with Crippen LogP contribution in [0.15, 0.2) is 0 Å². The lowest BCUT2D eigenvalue weighted by Gasteiger charge is -2.18. The van der Waals surface area contributed by atoms with Gasteiger partial charge in [0.25, 0.3) is 0 Å². The number of hydrogen-bond donors (Lipinski definition) is 2. The van der Waals surface area contributed by atoms with E-state index in [0.717, 1.165) is 0 Å². The molecule has 0 atom stereocenters. The van der Waals surface area contributed by atoms with Crippen LogP contribution in [0, 0.1) is 0 Å². The molecule has 0 radical (unpaired) electrons. The fraction of sp³-hybridized carbons (Fsp3) is 1.00. The Kier molecular flexibility index (Phi) is 3.34. The van der Waals surface area contributed by atoms with Crippen LogP contribution in [0.5, 0.6) is 0 Å². The van der Waals surface area contributed by atoms with Gasteiger partial charge in [-0.1, -0.05) is 0 Å². The molecule has 0 aliphatic rings. The van der Waals surface area contributed by atoms with Gasteiger partial charge < -0.3 is 5.11 Å². The van der Waals surface area contributed by atoms with Crippen molar-refractivity contribution in [1.29, 1.82) is 0 Å². The molecule has 8 heteroatoms. The van der Waals surface area contributed by atoms with Gasteiger partial charge in [-0.05, 0) is 13.8 Å². The second-order valence-corrected chi connectivity index (χ2v) is 4.84. The van der Waals surface area contributed by atoms with Crippen LogP contribution in [-0.4, -0.2) is 31.2 Å². The minimum absolute atomic E-state index is 0.686. The summed E-state index contributed by atoms with van der Waals surface area (Å²) in [6, 6.07) is 0. The predicted molar refractivity (Wildman–Crippen MR) is 39.3 cm³/mol. The second-order valence-electron chi connectivity index (χ2n) is 3.08. The van der Waals surface area contributed by atoms with Crippen molar-refractivity contribution in [2.45, 2.75) is 25.0 Å². The summed E-state index contributed by atoms with van der Waals surface area (Å²) in [6.45, 7) is 1.69. The molecule has 0 rings (SSSR count). The molecule has 4 nitrogen and oxygen atoms in total. The second kappa shape index (κ2) is 3.43. The standard InChI is InChI=1S/C5H10F3NO3S/c1-4(2,10)3-9-13(11,12)5(6,7)8/h9-10H,3H2,1-2H3. The van der Waals surface area contributed by atoms with E-state index in [0.29, 0.717) is 0 Å². The molecular formula is C5H10F3NO3S. The largest absolute Gasteiger partial charge is 0.511 e. The molecule has 0 bridgehead atoms. The highest BCUT2D eigenvalue weighted by molar-refractivity contribution is 7.90. The van der Waals surface area contributed by atoms with Gasteiger partial charge in [-0.2, -0.15) is 13.2 Å². The molecule has 0 aromatic rings. The van der Waals surface area contributed by atoms with Gasteiger partial charge in [0.1, 0.15) is 0 Å². The molecule has 0 aliphatic carbocycles. The Hall–Kier alpha value is -0.340. The van der Waals surface area contributed by atoms with Crippen molar-refractivity contribution in [2.75, 3.05) is 6.54 Å².